The van der Waals surface area contributed by atoms with Gasteiger partial charge in [0.2, 0.25) is 5.95 Å². The number of likely N-dealkylation sites (tertiary alicyclic amines) is 1. The first-order valence-electron chi connectivity index (χ1n) is 11.1. The van der Waals surface area contributed by atoms with Crippen molar-refractivity contribution in [1.29, 1.82) is 5.26 Å². The van der Waals surface area contributed by atoms with Crippen molar-refractivity contribution in [3.63, 3.8) is 0 Å². The summed E-state index contributed by atoms with van der Waals surface area (Å²) >= 11 is 0. The Morgan fingerprint density at radius 1 is 1.20 bits per heavy atom. The van der Waals surface area contributed by atoms with Gasteiger partial charge in [-0.1, -0.05) is 12.2 Å². The molecule has 0 bridgehead atoms. The third-order valence-electron chi connectivity index (χ3n) is 6.41. The van der Waals surface area contributed by atoms with Crippen LogP contribution in [-0.4, -0.2) is 43.2 Å². The number of rotatable bonds is 3. The number of imidazole rings is 1. The lowest BCUT2D eigenvalue weighted by Crippen LogP contribution is -2.28. The Morgan fingerprint density at radius 3 is 2.63 bits per heavy atom. The van der Waals surface area contributed by atoms with Gasteiger partial charge in [0.15, 0.2) is 0 Å². The maximum absolute atomic E-state index is 14.7. The lowest BCUT2D eigenvalue weighted by Gasteiger charge is -2.15. The first-order valence-corrected chi connectivity index (χ1v) is 11.1. The summed E-state index contributed by atoms with van der Waals surface area (Å²) in [5, 5.41) is 13.7. The van der Waals surface area contributed by atoms with E-state index in [2.05, 4.69) is 16.7 Å². The number of aryl methyl sites for hydroxylation is 2. The predicted molar refractivity (Wildman–Crippen MR) is 127 cm³/mol. The molecular formula is C26H22F2N6O. The van der Waals surface area contributed by atoms with Crippen molar-refractivity contribution in [3.05, 3.63) is 76.8 Å². The minimum atomic E-state index is -0.689. The van der Waals surface area contributed by atoms with Gasteiger partial charge in [-0.3, -0.25) is 9.36 Å². The number of aromatic nitrogens is 4. The zero-order valence-corrected chi connectivity index (χ0v) is 19.6. The van der Waals surface area contributed by atoms with Crippen LogP contribution in [0.1, 0.15) is 33.7 Å². The van der Waals surface area contributed by atoms with Gasteiger partial charge in [-0.05, 0) is 56.2 Å². The molecule has 4 aromatic rings. The summed E-state index contributed by atoms with van der Waals surface area (Å²) < 4.78 is 32.2. The maximum atomic E-state index is 14.7. The predicted octanol–water partition coefficient (Wildman–Crippen LogP) is 4.59. The molecule has 5 rings (SSSR count). The van der Waals surface area contributed by atoms with Crippen molar-refractivity contribution in [1.82, 2.24) is 24.2 Å². The molecule has 0 N–H and O–H groups in total. The van der Waals surface area contributed by atoms with Crippen molar-refractivity contribution in [2.45, 2.75) is 20.3 Å². The summed E-state index contributed by atoms with van der Waals surface area (Å²) in [7, 11) is 1.53. The number of benzene rings is 2. The average molecular weight is 472 g/mol. The van der Waals surface area contributed by atoms with Gasteiger partial charge in [0.1, 0.15) is 23.4 Å². The summed E-state index contributed by atoms with van der Waals surface area (Å²) in [6, 6.07) is 9.43. The van der Waals surface area contributed by atoms with Gasteiger partial charge in [0, 0.05) is 25.7 Å². The first-order chi connectivity index (χ1) is 16.7. The molecule has 176 valence electrons. The molecule has 3 heterocycles. The van der Waals surface area contributed by atoms with Crippen LogP contribution < -0.4 is 0 Å². The van der Waals surface area contributed by atoms with Gasteiger partial charge < -0.3 is 4.90 Å². The Bertz CT molecular complexity index is 1590. The highest BCUT2D eigenvalue weighted by molar-refractivity contribution is 5.95. The van der Waals surface area contributed by atoms with E-state index in [0.717, 1.165) is 17.6 Å². The third kappa shape index (κ3) is 3.58. The Labute approximate surface area is 200 Å². The molecule has 1 aliphatic heterocycles. The molecule has 0 unspecified atom stereocenters. The van der Waals surface area contributed by atoms with Crippen LogP contribution in [0.15, 0.2) is 42.5 Å². The molecule has 2 aromatic heterocycles. The topological polar surface area (TPSA) is 79.7 Å². The lowest BCUT2D eigenvalue weighted by molar-refractivity contribution is 0.0790. The Balaban J connectivity index is 1.76. The number of hydrogen-bond acceptors (Lipinski definition) is 4. The van der Waals surface area contributed by atoms with E-state index in [9.17, 15) is 13.6 Å². The number of carbonyl (C=O) groups is 1. The average Bonchev–Trinajstić information content (AvgIpc) is 3.49. The minimum absolute atomic E-state index is 0.0921. The second kappa shape index (κ2) is 8.17. The fraction of sp³-hybridized carbons (Fsp3) is 0.231. The highest BCUT2D eigenvalue weighted by Crippen LogP contribution is 2.32. The van der Waals surface area contributed by atoms with E-state index in [1.54, 1.807) is 34.6 Å². The fourth-order valence-corrected chi connectivity index (χ4v) is 4.53. The van der Waals surface area contributed by atoms with Crippen molar-refractivity contribution in [2.24, 2.45) is 7.05 Å². The van der Waals surface area contributed by atoms with Gasteiger partial charge in [0.05, 0.1) is 27.8 Å². The van der Waals surface area contributed by atoms with Crippen LogP contribution in [0, 0.1) is 36.9 Å². The minimum Gasteiger partial charge on any atom is -0.333 e. The smallest absolute Gasteiger partial charge is 0.274 e. The number of amides is 1. The molecule has 2 aromatic carbocycles. The molecule has 7 nitrogen and oxygen atoms in total. The fourth-order valence-electron chi connectivity index (χ4n) is 4.53. The van der Waals surface area contributed by atoms with Gasteiger partial charge in [-0.2, -0.15) is 14.8 Å². The molecule has 0 spiro atoms. The SMILES string of the molecule is C=C1CCN(C(=O)c2nc(-c3ccc(C#N)c(F)c3)n(-c3cc4c(F)n(C)nc4cc3C)c2C)C1. The van der Waals surface area contributed by atoms with Crippen LogP contribution in [-0.2, 0) is 7.05 Å². The highest BCUT2D eigenvalue weighted by Gasteiger charge is 2.29. The molecular weight excluding hydrogens is 450 g/mol. The van der Waals surface area contributed by atoms with Crippen molar-refractivity contribution in [3.8, 4) is 23.1 Å². The van der Waals surface area contributed by atoms with Crippen LogP contribution >= 0.6 is 0 Å². The second-order valence-corrected chi connectivity index (χ2v) is 8.81. The number of halogens is 2. The zero-order valence-electron chi connectivity index (χ0n) is 19.6. The lowest BCUT2D eigenvalue weighted by atomic mass is 10.1. The van der Waals surface area contributed by atoms with E-state index >= 15 is 0 Å². The van der Waals surface area contributed by atoms with E-state index in [4.69, 9.17) is 5.26 Å². The molecule has 35 heavy (non-hydrogen) atoms. The van der Waals surface area contributed by atoms with E-state index in [-0.39, 0.29) is 17.2 Å². The van der Waals surface area contributed by atoms with Crippen LogP contribution in [0.25, 0.3) is 28.0 Å². The summed E-state index contributed by atoms with van der Waals surface area (Å²) in [6.07, 6.45) is 0.731. The second-order valence-electron chi connectivity index (χ2n) is 8.81. The number of fused-ring (bicyclic) bond motifs is 1. The van der Waals surface area contributed by atoms with E-state index < -0.39 is 11.8 Å². The van der Waals surface area contributed by atoms with Gasteiger partial charge in [-0.15, -0.1) is 0 Å². The van der Waals surface area contributed by atoms with Crippen LogP contribution in [0.5, 0.6) is 0 Å². The van der Waals surface area contributed by atoms with Crippen molar-refractivity contribution >= 4 is 16.8 Å². The van der Waals surface area contributed by atoms with Crippen LogP contribution in [0.2, 0.25) is 0 Å². The molecule has 1 fully saturated rings. The zero-order chi connectivity index (χ0) is 25.0. The normalized spacial score (nSPS) is 13.6. The quantitative estimate of drug-likeness (QED) is 0.409. The molecule has 1 amide bonds. The summed E-state index contributed by atoms with van der Waals surface area (Å²) in [5.74, 6) is -1.11. The molecule has 1 saturated heterocycles. The summed E-state index contributed by atoms with van der Waals surface area (Å²) in [4.78, 5) is 19.7. The van der Waals surface area contributed by atoms with Gasteiger partial charge >= 0.3 is 0 Å². The number of carbonyl (C=O) groups excluding carboxylic acids is 1. The summed E-state index contributed by atoms with van der Waals surface area (Å²) in [6.45, 7) is 8.59. The first kappa shape index (κ1) is 22.5. The van der Waals surface area contributed by atoms with Gasteiger partial charge in [0.25, 0.3) is 5.91 Å². The molecule has 1 aliphatic rings. The largest absolute Gasteiger partial charge is 0.333 e. The van der Waals surface area contributed by atoms with Gasteiger partial charge in [-0.25, -0.2) is 14.1 Å². The molecule has 9 heteroatoms. The Morgan fingerprint density at radius 2 is 1.97 bits per heavy atom. The van der Waals surface area contributed by atoms with E-state index in [1.807, 2.05) is 13.0 Å². The van der Waals surface area contributed by atoms with Crippen LogP contribution in [0.3, 0.4) is 0 Å². The third-order valence-corrected chi connectivity index (χ3v) is 6.41. The monoisotopic (exact) mass is 472 g/mol. The Hall–Kier alpha value is -4.32. The molecule has 0 atom stereocenters. The highest BCUT2D eigenvalue weighted by atomic mass is 19.1. The number of nitrogens with zero attached hydrogens (tertiary/aromatic N) is 6. The number of nitriles is 1. The molecule has 0 aliphatic carbocycles. The van der Waals surface area contributed by atoms with E-state index in [0.29, 0.717) is 46.8 Å². The molecule has 0 saturated carbocycles. The van der Waals surface area contributed by atoms with Crippen molar-refractivity contribution < 1.29 is 13.6 Å². The Kier molecular flexibility index (Phi) is 5.24. The van der Waals surface area contributed by atoms with Crippen LogP contribution in [0.4, 0.5) is 8.78 Å². The maximum Gasteiger partial charge on any atom is 0.274 e. The van der Waals surface area contributed by atoms with Crippen molar-refractivity contribution in [2.75, 3.05) is 13.1 Å². The standard InChI is InChI=1S/C26H22F2N6O/c1-14-7-8-33(13-14)26(35)23-16(3)34(25(30-23)17-5-6-18(12-29)20(27)10-17)22-11-19-21(9-15(22)2)31-32(4)24(19)28/h5-6,9-11H,1,7-8,13H2,2-4H3. The number of hydrogen-bond donors (Lipinski definition) is 0. The van der Waals surface area contributed by atoms with E-state index in [1.165, 1.54) is 23.9 Å². The summed E-state index contributed by atoms with van der Waals surface area (Å²) in [5.41, 5.74) is 3.91. The molecule has 0 radical (unpaired) electrons.